The van der Waals surface area contributed by atoms with Gasteiger partial charge in [0.2, 0.25) is 5.91 Å². The van der Waals surface area contributed by atoms with Crippen LogP contribution in [-0.2, 0) is 11.2 Å². The molecule has 35 heavy (non-hydrogen) atoms. The van der Waals surface area contributed by atoms with Crippen molar-refractivity contribution in [3.63, 3.8) is 0 Å². The SMILES string of the molecule is CC.Cc1cnc2[nH]c(C(=O)N[C@@H](Cc3ccc(F)cc3F)C(=O)N3CC4(CC(O)C4)C3)cc2c1. The number of aromatic amines is 1. The molecule has 1 saturated heterocycles. The van der Waals surface area contributed by atoms with E-state index < -0.39 is 23.6 Å². The number of aliphatic hydroxyl groups excluding tert-OH is 1. The average molecular weight is 485 g/mol. The van der Waals surface area contributed by atoms with E-state index in [4.69, 9.17) is 0 Å². The highest BCUT2D eigenvalue weighted by Gasteiger charge is 2.54. The van der Waals surface area contributed by atoms with E-state index in [1.165, 1.54) is 6.07 Å². The van der Waals surface area contributed by atoms with E-state index >= 15 is 0 Å². The van der Waals surface area contributed by atoms with Gasteiger partial charge in [0.1, 0.15) is 29.0 Å². The summed E-state index contributed by atoms with van der Waals surface area (Å²) in [6.07, 6.45) is 2.55. The normalized spacial score (nSPS) is 17.3. The molecule has 2 fully saturated rings. The fourth-order valence-electron chi connectivity index (χ4n) is 4.93. The van der Waals surface area contributed by atoms with Gasteiger partial charge in [-0.2, -0.15) is 0 Å². The minimum absolute atomic E-state index is 0.0501. The topological polar surface area (TPSA) is 98.3 Å². The molecular formula is C26H30F2N4O3. The van der Waals surface area contributed by atoms with Gasteiger partial charge in [-0.25, -0.2) is 13.8 Å². The summed E-state index contributed by atoms with van der Waals surface area (Å²) in [5, 5.41) is 13.1. The van der Waals surface area contributed by atoms with Crippen molar-refractivity contribution in [2.24, 2.45) is 5.41 Å². The second-order valence-corrected chi connectivity index (χ2v) is 9.36. The lowest BCUT2D eigenvalue weighted by molar-refractivity contribution is -0.164. The number of carbonyl (C=O) groups excluding carboxylic acids is 2. The van der Waals surface area contributed by atoms with Crippen LogP contribution in [0.5, 0.6) is 0 Å². The highest BCUT2D eigenvalue weighted by Crippen LogP contribution is 2.48. The first-order chi connectivity index (χ1) is 16.7. The van der Waals surface area contributed by atoms with E-state index in [2.05, 4.69) is 15.3 Å². The molecule has 9 heteroatoms. The van der Waals surface area contributed by atoms with E-state index in [1.54, 1.807) is 17.2 Å². The molecule has 1 aliphatic carbocycles. The van der Waals surface area contributed by atoms with Crippen molar-refractivity contribution in [2.45, 2.75) is 52.2 Å². The van der Waals surface area contributed by atoms with E-state index in [-0.39, 0.29) is 35.1 Å². The molecule has 1 saturated carbocycles. The molecule has 1 atom stereocenters. The minimum atomic E-state index is -1.03. The number of nitrogens with one attached hydrogen (secondary N) is 2. The Balaban J connectivity index is 0.00000141. The number of nitrogens with zero attached hydrogens (tertiary/aromatic N) is 2. The molecule has 7 nitrogen and oxygen atoms in total. The smallest absolute Gasteiger partial charge is 0.268 e. The van der Waals surface area contributed by atoms with Crippen molar-refractivity contribution in [3.05, 3.63) is 65.0 Å². The van der Waals surface area contributed by atoms with Crippen LogP contribution in [0.3, 0.4) is 0 Å². The van der Waals surface area contributed by atoms with Crippen LogP contribution in [0, 0.1) is 24.0 Å². The van der Waals surface area contributed by atoms with Crippen LogP contribution in [-0.4, -0.2) is 57.0 Å². The third kappa shape index (κ3) is 5.05. The molecule has 3 N–H and O–H groups in total. The number of likely N-dealkylation sites (tertiary alicyclic amines) is 1. The Hall–Kier alpha value is -3.33. The molecule has 1 aliphatic heterocycles. The van der Waals surface area contributed by atoms with Gasteiger partial charge in [0.15, 0.2) is 0 Å². The summed E-state index contributed by atoms with van der Waals surface area (Å²) in [5.74, 6) is -2.32. The van der Waals surface area contributed by atoms with Gasteiger partial charge in [0.05, 0.1) is 6.10 Å². The molecule has 0 unspecified atom stereocenters. The maximum Gasteiger partial charge on any atom is 0.268 e. The molecule has 2 aromatic heterocycles. The zero-order chi connectivity index (χ0) is 25.3. The minimum Gasteiger partial charge on any atom is -0.393 e. The first kappa shape index (κ1) is 24.8. The quantitative estimate of drug-likeness (QED) is 0.516. The Kier molecular flexibility index (Phi) is 6.89. The zero-order valence-electron chi connectivity index (χ0n) is 20.1. The number of aryl methyl sites for hydroxylation is 1. The molecule has 2 aliphatic rings. The van der Waals surface area contributed by atoms with Gasteiger partial charge in [-0.05, 0) is 49.1 Å². The van der Waals surface area contributed by atoms with Crippen LogP contribution >= 0.6 is 0 Å². The average Bonchev–Trinajstić information content (AvgIpc) is 3.20. The Morgan fingerprint density at radius 1 is 1.23 bits per heavy atom. The third-order valence-corrected chi connectivity index (χ3v) is 6.60. The lowest BCUT2D eigenvalue weighted by Gasteiger charge is -2.58. The second kappa shape index (κ2) is 9.73. The first-order valence-corrected chi connectivity index (χ1v) is 11.9. The summed E-state index contributed by atoms with van der Waals surface area (Å²) in [4.78, 5) is 35.0. The lowest BCUT2D eigenvalue weighted by Crippen LogP contribution is -2.67. The number of aromatic nitrogens is 2. The Labute approximate surface area is 202 Å². The summed E-state index contributed by atoms with van der Waals surface area (Å²) in [6, 6.07) is 5.69. The number of hydrogen-bond acceptors (Lipinski definition) is 4. The number of hydrogen-bond donors (Lipinski definition) is 3. The maximum absolute atomic E-state index is 14.3. The lowest BCUT2D eigenvalue weighted by atomic mass is 9.62. The van der Waals surface area contributed by atoms with Crippen LogP contribution in [0.25, 0.3) is 11.0 Å². The summed E-state index contributed by atoms with van der Waals surface area (Å²) < 4.78 is 27.7. The van der Waals surface area contributed by atoms with Gasteiger partial charge in [-0.15, -0.1) is 0 Å². The number of aliphatic hydroxyl groups is 1. The molecule has 1 spiro atoms. The summed E-state index contributed by atoms with van der Waals surface area (Å²) in [5.41, 5.74) is 1.82. The van der Waals surface area contributed by atoms with Gasteiger partial charge < -0.3 is 20.3 Å². The number of H-pyrrole nitrogens is 1. The largest absolute Gasteiger partial charge is 0.393 e. The fourth-order valence-corrected chi connectivity index (χ4v) is 4.93. The monoisotopic (exact) mass is 484 g/mol. The standard InChI is InChI=1S/C24H24F2N4O3.C2H6/c1-13-4-15-6-19(28-21(15)27-10-13)22(32)29-20(5-14-2-3-16(25)7-18(14)26)23(33)30-11-24(12-30)8-17(31)9-24;1-2/h2-4,6-7,10,17,20,31H,5,8-9,11-12H2,1H3,(H,27,28)(H,29,32);1-2H3/t20-;/m0./s1. The van der Waals surface area contributed by atoms with E-state index in [1.807, 2.05) is 26.8 Å². The highest BCUT2D eigenvalue weighted by atomic mass is 19.1. The molecule has 0 bridgehead atoms. The van der Waals surface area contributed by atoms with Crippen LogP contribution < -0.4 is 5.32 Å². The van der Waals surface area contributed by atoms with Crippen molar-refractivity contribution < 1.29 is 23.5 Å². The van der Waals surface area contributed by atoms with E-state index in [9.17, 15) is 23.5 Å². The number of pyridine rings is 1. The number of halogens is 2. The summed E-state index contributed by atoms with van der Waals surface area (Å²) in [6.45, 7) is 6.89. The zero-order valence-corrected chi connectivity index (χ0v) is 20.1. The summed E-state index contributed by atoms with van der Waals surface area (Å²) >= 11 is 0. The van der Waals surface area contributed by atoms with Crippen molar-refractivity contribution in [1.29, 1.82) is 0 Å². The number of rotatable bonds is 5. The van der Waals surface area contributed by atoms with Crippen LogP contribution in [0.1, 0.15) is 48.3 Å². The van der Waals surface area contributed by atoms with E-state index in [0.717, 1.165) is 23.1 Å². The molecule has 186 valence electrons. The molecular weight excluding hydrogens is 454 g/mol. The van der Waals surface area contributed by atoms with E-state index in [0.29, 0.717) is 31.6 Å². The number of benzene rings is 1. The molecule has 3 heterocycles. The van der Waals surface area contributed by atoms with Crippen molar-refractivity contribution in [2.75, 3.05) is 13.1 Å². The molecule has 2 amide bonds. The highest BCUT2D eigenvalue weighted by molar-refractivity contribution is 5.99. The van der Waals surface area contributed by atoms with Crippen molar-refractivity contribution in [3.8, 4) is 0 Å². The fraction of sp³-hybridized carbons (Fsp3) is 0.423. The van der Waals surface area contributed by atoms with Crippen molar-refractivity contribution in [1.82, 2.24) is 20.2 Å². The van der Waals surface area contributed by atoms with Gasteiger partial charge >= 0.3 is 0 Å². The first-order valence-electron chi connectivity index (χ1n) is 11.9. The van der Waals surface area contributed by atoms with Crippen LogP contribution in [0.15, 0.2) is 36.5 Å². The number of fused-ring (bicyclic) bond motifs is 1. The maximum atomic E-state index is 14.3. The Morgan fingerprint density at radius 3 is 2.60 bits per heavy atom. The van der Waals surface area contributed by atoms with Crippen LogP contribution in [0.4, 0.5) is 8.78 Å². The predicted molar refractivity (Wildman–Crippen MR) is 128 cm³/mol. The molecule has 3 aromatic rings. The van der Waals surface area contributed by atoms with Crippen molar-refractivity contribution >= 4 is 22.8 Å². The van der Waals surface area contributed by atoms with Crippen LogP contribution in [0.2, 0.25) is 0 Å². The molecule has 1 aromatic carbocycles. The summed E-state index contributed by atoms with van der Waals surface area (Å²) in [7, 11) is 0. The van der Waals surface area contributed by atoms with Gasteiger partial charge in [-0.3, -0.25) is 9.59 Å². The number of amides is 2. The Morgan fingerprint density at radius 2 is 1.94 bits per heavy atom. The second-order valence-electron chi connectivity index (χ2n) is 9.36. The van der Waals surface area contributed by atoms with Gasteiger partial charge in [0, 0.05) is 42.6 Å². The Bertz CT molecular complexity index is 1240. The van der Waals surface area contributed by atoms with Gasteiger partial charge in [-0.1, -0.05) is 19.9 Å². The molecule has 0 radical (unpaired) electrons. The predicted octanol–water partition coefficient (Wildman–Crippen LogP) is 3.50. The third-order valence-electron chi connectivity index (χ3n) is 6.60. The van der Waals surface area contributed by atoms with Gasteiger partial charge in [0.25, 0.3) is 5.91 Å². The number of carbonyl (C=O) groups is 2. The molecule has 5 rings (SSSR count).